The van der Waals surface area contributed by atoms with Crippen molar-refractivity contribution in [3.05, 3.63) is 148 Å². The fraction of sp³-hybridized carbons (Fsp3) is 0.306. The molecule has 0 radical (unpaired) electrons. The van der Waals surface area contributed by atoms with Crippen LogP contribution in [0.2, 0.25) is 0 Å². The first-order valence-electron chi connectivity index (χ1n) is 18.4. The Balaban J connectivity index is 1.34. The normalized spacial score (nSPS) is 15.4. The summed E-state index contributed by atoms with van der Waals surface area (Å²) < 4.78 is 0. The minimum absolute atomic E-state index is 0.100. The number of hydrogen-bond donors (Lipinski definition) is 0. The van der Waals surface area contributed by atoms with E-state index in [0.717, 1.165) is 0 Å². The topological polar surface area (TPSA) is 3.24 Å². The molecule has 0 unspecified atom stereocenters. The Labute approximate surface area is 300 Å². The van der Waals surface area contributed by atoms with E-state index >= 15 is 0 Å². The molecule has 0 aliphatic heterocycles. The van der Waals surface area contributed by atoms with Crippen LogP contribution in [0.15, 0.2) is 109 Å². The molecule has 0 N–H and O–H groups in total. The summed E-state index contributed by atoms with van der Waals surface area (Å²) in [6.07, 6.45) is 0. The number of rotatable bonds is 3. The molecule has 6 aromatic rings. The molecule has 0 fully saturated rings. The second-order valence-electron chi connectivity index (χ2n) is 18.0. The molecule has 1 heteroatoms. The summed E-state index contributed by atoms with van der Waals surface area (Å²) >= 11 is 0. The second kappa shape index (κ2) is 10.7. The molecular formula is C49H51N. The number of aryl methyl sites for hydroxylation is 1. The van der Waals surface area contributed by atoms with E-state index in [1.54, 1.807) is 0 Å². The standard InChI is InChI=1S/C49H51N/c1-30-16-17-31-14-12-13-15-36(31)45(30)50(34-20-24-39-37-22-18-32(46(2,3)4)26-41(37)48(8,9)43(39)28-34)35-21-25-40-38-23-19-33(47(5,6)7)27-42(38)49(10,11)44(40)29-35/h12-29H,1-11H3. The van der Waals surface area contributed by atoms with Gasteiger partial charge >= 0.3 is 0 Å². The zero-order chi connectivity index (χ0) is 35.5. The predicted molar refractivity (Wildman–Crippen MR) is 216 cm³/mol. The zero-order valence-corrected chi connectivity index (χ0v) is 31.8. The molecule has 252 valence electrons. The predicted octanol–water partition coefficient (Wildman–Crippen LogP) is 13.8. The molecule has 0 amide bonds. The van der Waals surface area contributed by atoms with Gasteiger partial charge in [0.25, 0.3) is 0 Å². The fourth-order valence-electron chi connectivity index (χ4n) is 8.73. The summed E-state index contributed by atoms with van der Waals surface area (Å²) in [4.78, 5) is 2.54. The Morgan fingerprint density at radius 2 is 0.880 bits per heavy atom. The molecule has 2 aliphatic rings. The summed E-state index contributed by atoms with van der Waals surface area (Å²) in [7, 11) is 0. The van der Waals surface area contributed by atoms with Crippen molar-refractivity contribution in [2.75, 3.05) is 4.90 Å². The van der Waals surface area contributed by atoms with Gasteiger partial charge in [0.05, 0.1) is 5.69 Å². The molecule has 0 heterocycles. The first-order valence-corrected chi connectivity index (χ1v) is 18.4. The zero-order valence-electron chi connectivity index (χ0n) is 31.8. The number of benzene rings is 6. The number of hydrogen-bond acceptors (Lipinski definition) is 1. The minimum atomic E-state index is -0.117. The van der Waals surface area contributed by atoms with Gasteiger partial charge < -0.3 is 4.90 Å². The minimum Gasteiger partial charge on any atom is -0.310 e. The van der Waals surface area contributed by atoms with Crippen LogP contribution in [0.1, 0.15) is 108 Å². The van der Waals surface area contributed by atoms with Crippen molar-refractivity contribution in [3.63, 3.8) is 0 Å². The summed E-state index contributed by atoms with van der Waals surface area (Å²) in [5.74, 6) is 0. The molecule has 0 spiro atoms. The highest BCUT2D eigenvalue weighted by Crippen LogP contribution is 2.54. The third-order valence-corrected chi connectivity index (χ3v) is 11.9. The van der Waals surface area contributed by atoms with Gasteiger partial charge in [-0.25, -0.2) is 0 Å². The smallest absolute Gasteiger partial charge is 0.0569 e. The average molecular weight is 654 g/mol. The molecule has 6 aromatic carbocycles. The Morgan fingerprint density at radius 3 is 1.34 bits per heavy atom. The SMILES string of the molecule is Cc1ccc2ccccc2c1N(c1ccc2c(c1)C(C)(C)c1cc(C(C)(C)C)ccc1-2)c1ccc2c(c1)C(C)(C)c1cc(C(C)(C)C)ccc1-2. The number of anilines is 3. The molecular weight excluding hydrogens is 603 g/mol. The third kappa shape index (κ3) is 4.80. The van der Waals surface area contributed by atoms with Gasteiger partial charge in [0, 0.05) is 27.6 Å². The molecule has 2 aliphatic carbocycles. The van der Waals surface area contributed by atoms with E-state index in [4.69, 9.17) is 0 Å². The largest absolute Gasteiger partial charge is 0.310 e. The molecule has 8 rings (SSSR count). The van der Waals surface area contributed by atoms with Gasteiger partial charge in [-0.05, 0) is 109 Å². The summed E-state index contributed by atoms with van der Waals surface area (Å²) in [6, 6.07) is 42.1. The Bertz CT molecular complexity index is 2230. The van der Waals surface area contributed by atoms with Crippen molar-refractivity contribution in [2.24, 2.45) is 0 Å². The van der Waals surface area contributed by atoms with Crippen LogP contribution in [0.5, 0.6) is 0 Å². The van der Waals surface area contributed by atoms with Gasteiger partial charge in [-0.15, -0.1) is 0 Å². The lowest BCUT2D eigenvalue weighted by molar-refractivity contribution is 0.584. The number of fused-ring (bicyclic) bond motifs is 7. The van der Waals surface area contributed by atoms with E-state index in [1.807, 2.05) is 0 Å². The van der Waals surface area contributed by atoms with Gasteiger partial charge in [0.15, 0.2) is 0 Å². The molecule has 1 nitrogen and oxygen atoms in total. The monoisotopic (exact) mass is 653 g/mol. The maximum Gasteiger partial charge on any atom is 0.0569 e. The quantitative estimate of drug-likeness (QED) is 0.184. The second-order valence-corrected chi connectivity index (χ2v) is 18.0. The Morgan fingerprint density at radius 1 is 0.460 bits per heavy atom. The van der Waals surface area contributed by atoms with Crippen molar-refractivity contribution >= 4 is 27.8 Å². The molecule has 0 saturated heterocycles. The van der Waals surface area contributed by atoms with E-state index in [1.165, 1.54) is 89.0 Å². The van der Waals surface area contributed by atoms with E-state index < -0.39 is 0 Å². The maximum atomic E-state index is 2.54. The van der Waals surface area contributed by atoms with Crippen LogP contribution < -0.4 is 4.90 Å². The average Bonchev–Trinajstić information content (AvgIpc) is 3.43. The molecule has 0 aromatic heterocycles. The van der Waals surface area contributed by atoms with Gasteiger partial charge in [0.2, 0.25) is 0 Å². The van der Waals surface area contributed by atoms with Gasteiger partial charge in [0.1, 0.15) is 0 Å². The van der Waals surface area contributed by atoms with Crippen LogP contribution in [0.4, 0.5) is 17.1 Å². The van der Waals surface area contributed by atoms with E-state index in [2.05, 4.69) is 190 Å². The van der Waals surface area contributed by atoms with Crippen LogP contribution >= 0.6 is 0 Å². The van der Waals surface area contributed by atoms with E-state index in [9.17, 15) is 0 Å². The highest BCUT2D eigenvalue weighted by Gasteiger charge is 2.39. The van der Waals surface area contributed by atoms with Gasteiger partial charge in [-0.2, -0.15) is 0 Å². The third-order valence-electron chi connectivity index (χ3n) is 11.9. The first kappa shape index (κ1) is 32.6. The molecule has 0 atom stereocenters. The first-order chi connectivity index (χ1) is 23.5. The fourth-order valence-corrected chi connectivity index (χ4v) is 8.73. The lowest BCUT2D eigenvalue weighted by atomic mass is 9.79. The van der Waals surface area contributed by atoms with Crippen LogP contribution in [0.3, 0.4) is 0 Å². The maximum absolute atomic E-state index is 2.54. The van der Waals surface area contributed by atoms with Gasteiger partial charge in [-0.1, -0.05) is 154 Å². The lowest BCUT2D eigenvalue weighted by Gasteiger charge is -2.31. The highest BCUT2D eigenvalue weighted by molar-refractivity contribution is 6.01. The van der Waals surface area contributed by atoms with Crippen LogP contribution in [-0.2, 0) is 21.7 Å². The van der Waals surface area contributed by atoms with Crippen molar-refractivity contribution in [1.29, 1.82) is 0 Å². The summed E-state index contributed by atoms with van der Waals surface area (Å²) in [5, 5.41) is 2.52. The van der Waals surface area contributed by atoms with Crippen molar-refractivity contribution in [1.82, 2.24) is 0 Å². The van der Waals surface area contributed by atoms with Crippen LogP contribution in [-0.4, -0.2) is 0 Å². The van der Waals surface area contributed by atoms with Crippen LogP contribution in [0, 0.1) is 6.92 Å². The molecule has 0 saturated carbocycles. The number of nitrogens with zero attached hydrogens (tertiary/aromatic N) is 1. The van der Waals surface area contributed by atoms with E-state index in [-0.39, 0.29) is 21.7 Å². The summed E-state index contributed by atoms with van der Waals surface area (Å²) in [6.45, 7) is 25.8. The van der Waals surface area contributed by atoms with E-state index in [0.29, 0.717) is 0 Å². The van der Waals surface area contributed by atoms with Crippen LogP contribution in [0.25, 0.3) is 33.0 Å². The van der Waals surface area contributed by atoms with Crippen molar-refractivity contribution in [3.8, 4) is 22.3 Å². The van der Waals surface area contributed by atoms with Crippen molar-refractivity contribution < 1.29 is 0 Å². The molecule has 0 bridgehead atoms. The van der Waals surface area contributed by atoms with Crippen molar-refractivity contribution in [2.45, 2.75) is 97.8 Å². The molecule has 50 heavy (non-hydrogen) atoms. The Hall–Kier alpha value is -4.62. The summed E-state index contributed by atoms with van der Waals surface area (Å²) in [5.41, 5.74) is 18.7. The highest BCUT2D eigenvalue weighted by atomic mass is 15.1. The Kier molecular flexibility index (Phi) is 6.97. The van der Waals surface area contributed by atoms with Gasteiger partial charge in [-0.3, -0.25) is 0 Å². The lowest BCUT2D eigenvalue weighted by Crippen LogP contribution is -2.19.